The second kappa shape index (κ2) is 5.77. The van der Waals surface area contributed by atoms with Gasteiger partial charge in [0, 0.05) is 22.7 Å². The Labute approximate surface area is 127 Å². The van der Waals surface area contributed by atoms with Gasteiger partial charge < -0.3 is 4.74 Å². The molecule has 0 radical (unpaired) electrons. The summed E-state index contributed by atoms with van der Waals surface area (Å²) in [5.74, 6) is -0.549. The van der Waals surface area contributed by atoms with Gasteiger partial charge in [0.2, 0.25) is 0 Å². The molecule has 0 aliphatic rings. The van der Waals surface area contributed by atoms with E-state index in [-0.39, 0.29) is 5.78 Å². The van der Waals surface area contributed by atoms with Gasteiger partial charge in [-0.05, 0) is 24.3 Å². The monoisotopic (exact) mass is 291 g/mol. The van der Waals surface area contributed by atoms with Crippen LogP contribution in [0.25, 0.3) is 10.9 Å². The second-order valence-electron chi connectivity index (χ2n) is 4.78. The number of carbonyl (C=O) groups excluding carboxylic acids is 2. The molecule has 0 saturated carbocycles. The minimum absolute atomic E-state index is 0.124. The van der Waals surface area contributed by atoms with Crippen LogP contribution in [0.3, 0.4) is 0 Å². The Hall–Kier alpha value is -3.01. The van der Waals surface area contributed by atoms with Gasteiger partial charge in [-0.2, -0.15) is 0 Å². The van der Waals surface area contributed by atoms with Crippen molar-refractivity contribution in [1.29, 1.82) is 0 Å². The van der Waals surface area contributed by atoms with Gasteiger partial charge in [-0.3, -0.25) is 9.78 Å². The molecule has 0 unspecified atom stereocenters. The van der Waals surface area contributed by atoms with Gasteiger partial charge >= 0.3 is 5.97 Å². The van der Waals surface area contributed by atoms with E-state index in [2.05, 4.69) is 9.72 Å². The second-order valence-corrected chi connectivity index (χ2v) is 4.78. The van der Waals surface area contributed by atoms with Crippen molar-refractivity contribution in [2.45, 2.75) is 0 Å². The van der Waals surface area contributed by atoms with Crippen LogP contribution in [0.2, 0.25) is 0 Å². The number of nitrogens with zero attached hydrogens (tertiary/aromatic N) is 1. The first kappa shape index (κ1) is 13.9. The summed E-state index contributed by atoms with van der Waals surface area (Å²) in [7, 11) is 1.32. The summed E-state index contributed by atoms with van der Waals surface area (Å²) >= 11 is 0. The van der Waals surface area contributed by atoms with E-state index in [0.717, 1.165) is 5.39 Å². The molecule has 3 rings (SSSR count). The van der Waals surface area contributed by atoms with Crippen LogP contribution in [0.15, 0.2) is 60.8 Å². The van der Waals surface area contributed by atoms with Crippen molar-refractivity contribution < 1.29 is 14.3 Å². The fraction of sp³-hybridized carbons (Fsp3) is 0.0556. The summed E-state index contributed by atoms with van der Waals surface area (Å²) in [4.78, 5) is 28.4. The van der Waals surface area contributed by atoms with E-state index in [4.69, 9.17) is 0 Å². The van der Waals surface area contributed by atoms with Crippen LogP contribution in [0, 0.1) is 0 Å². The maximum atomic E-state index is 12.7. The summed E-state index contributed by atoms with van der Waals surface area (Å²) in [6, 6.07) is 15.7. The van der Waals surface area contributed by atoms with E-state index < -0.39 is 5.97 Å². The van der Waals surface area contributed by atoms with Crippen molar-refractivity contribution in [3.8, 4) is 0 Å². The Morgan fingerprint density at radius 1 is 0.909 bits per heavy atom. The lowest BCUT2D eigenvalue weighted by Crippen LogP contribution is -2.05. The van der Waals surface area contributed by atoms with Crippen molar-refractivity contribution in [2.75, 3.05) is 7.11 Å². The van der Waals surface area contributed by atoms with Crippen molar-refractivity contribution >= 4 is 22.7 Å². The van der Waals surface area contributed by atoms with Crippen LogP contribution in [0.5, 0.6) is 0 Å². The normalized spacial score (nSPS) is 10.4. The molecule has 22 heavy (non-hydrogen) atoms. The quantitative estimate of drug-likeness (QED) is 0.549. The van der Waals surface area contributed by atoms with Crippen molar-refractivity contribution in [1.82, 2.24) is 4.98 Å². The van der Waals surface area contributed by atoms with Crippen LogP contribution in [-0.2, 0) is 4.74 Å². The number of hydrogen-bond donors (Lipinski definition) is 0. The standard InChI is InChI=1S/C18H13NO3/c1-22-18(21)14-9-7-13(8-10-14)17(20)15-6-2-4-12-5-3-11-19-16(12)15/h2-11H,1H3. The third-order valence-corrected chi connectivity index (χ3v) is 3.45. The molecule has 0 atom stereocenters. The number of ketones is 1. The molecule has 0 amide bonds. The summed E-state index contributed by atoms with van der Waals surface area (Å²) in [6.45, 7) is 0. The molecule has 1 aromatic heterocycles. The smallest absolute Gasteiger partial charge is 0.337 e. The zero-order valence-corrected chi connectivity index (χ0v) is 11.9. The number of fused-ring (bicyclic) bond motifs is 1. The first-order valence-electron chi connectivity index (χ1n) is 6.77. The fourth-order valence-corrected chi connectivity index (χ4v) is 2.32. The number of para-hydroxylation sites is 1. The molecule has 0 spiro atoms. The van der Waals surface area contributed by atoms with Crippen molar-refractivity contribution in [2.24, 2.45) is 0 Å². The Morgan fingerprint density at radius 3 is 2.32 bits per heavy atom. The van der Waals surface area contributed by atoms with Crippen LogP contribution in [0.1, 0.15) is 26.3 Å². The van der Waals surface area contributed by atoms with Crippen LogP contribution in [0.4, 0.5) is 0 Å². The highest BCUT2D eigenvalue weighted by Gasteiger charge is 2.14. The lowest BCUT2D eigenvalue weighted by atomic mass is 9.99. The summed E-state index contributed by atoms with van der Waals surface area (Å²) in [5, 5.41) is 0.916. The van der Waals surface area contributed by atoms with E-state index in [1.165, 1.54) is 7.11 Å². The molecule has 3 aromatic rings. The van der Waals surface area contributed by atoms with E-state index in [9.17, 15) is 9.59 Å². The molecule has 1 heterocycles. The largest absolute Gasteiger partial charge is 0.465 e. The summed E-state index contributed by atoms with van der Waals surface area (Å²) in [5.41, 5.74) is 2.14. The topological polar surface area (TPSA) is 56.3 Å². The van der Waals surface area contributed by atoms with E-state index in [0.29, 0.717) is 22.2 Å². The minimum Gasteiger partial charge on any atom is -0.465 e. The molecule has 0 bridgehead atoms. The summed E-state index contributed by atoms with van der Waals surface area (Å²) in [6.07, 6.45) is 1.67. The summed E-state index contributed by atoms with van der Waals surface area (Å²) < 4.78 is 4.65. The van der Waals surface area contributed by atoms with Gasteiger partial charge in [-0.15, -0.1) is 0 Å². The Morgan fingerprint density at radius 2 is 1.59 bits per heavy atom. The molecule has 0 fully saturated rings. The molecule has 4 heteroatoms. The number of pyridine rings is 1. The zero-order valence-electron chi connectivity index (χ0n) is 11.9. The van der Waals surface area contributed by atoms with Crippen LogP contribution >= 0.6 is 0 Å². The SMILES string of the molecule is COC(=O)c1ccc(C(=O)c2cccc3cccnc23)cc1. The highest BCUT2D eigenvalue weighted by molar-refractivity contribution is 6.15. The third kappa shape index (κ3) is 2.46. The van der Waals surface area contributed by atoms with Crippen LogP contribution < -0.4 is 0 Å². The van der Waals surface area contributed by atoms with Crippen LogP contribution in [-0.4, -0.2) is 23.8 Å². The molecule has 4 nitrogen and oxygen atoms in total. The predicted octanol–water partition coefficient (Wildman–Crippen LogP) is 3.25. The highest BCUT2D eigenvalue weighted by Crippen LogP contribution is 2.19. The molecule has 0 aliphatic carbocycles. The number of rotatable bonds is 3. The third-order valence-electron chi connectivity index (χ3n) is 3.45. The number of aromatic nitrogens is 1. The van der Waals surface area contributed by atoms with Gasteiger partial charge in [-0.25, -0.2) is 4.79 Å². The van der Waals surface area contributed by atoms with E-state index in [1.54, 1.807) is 36.5 Å². The number of esters is 1. The lowest BCUT2D eigenvalue weighted by molar-refractivity contribution is 0.0600. The maximum absolute atomic E-state index is 12.7. The van der Waals surface area contributed by atoms with Gasteiger partial charge in [-0.1, -0.05) is 30.3 Å². The molecule has 108 valence electrons. The molecule has 0 aliphatic heterocycles. The van der Waals surface area contributed by atoms with E-state index in [1.807, 2.05) is 24.3 Å². The highest BCUT2D eigenvalue weighted by atomic mass is 16.5. The first-order chi connectivity index (χ1) is 10.7. The average Bonchev–Trinajstić information content (AvgIpc) is 2.60. The fourth-order valence-electron chi connectivity index (χ4n) is 2.32. The molecule has 0 N–H and O–H groups in total. The lowest BCUT2D eigenvalue weighted by Gasteiger charge is -2.06. The van der Waals surface area contributed by atoms with Gasteiger partial charge in [0.25, 0.3) is 0 Å². The van der Waals surface area contributed by atoms with Gasteiger partial charge in [0.15, 0.2) is 5.78 Å². The minimum atomic E-state index is -0.425. The molecular weight excluding hydrogens is 278 g/mol. The van der Waals surface area contributed by atoms with Gasteiger partial charge in [0.1, 0.15) is 0 Å². The van der Waals surface area contributed by atoms with Crippen molar-refractivity contribution in [3.05, 3.63) is 77.5 Å². The first-order valence-corrected chi connectivity index (χ1v) is 6.77. The number of methoxy groups -OCH3 is 1. The Bertz CT molecular complexity index is 848. The predicted molar refractivity (Wildman–Crippen MR) is 83.0 cm³/mol. The molecule has 0 saturated heterocycles. The van der Waals surface area contributed by atoms with Gasteiger partial charge in [0.05, 0.1) is 18.2 Å². The number of benzene rings is 2. The maximum Gasteiger partial charge on any atom is 0.337 e. The zero-order chi connectivity index (χ0) is 15.5. The Kier molecular flexibility index (Phi) is 3.66. The number of ether oxygens (including phenoxy) is 1. The number of hydrogen-bond acceptors (Lipinski definition) is 4. The average molecular weight is 291 g/mol. The van der Waals surface area contributed by atoms with Crippen molar-refractivity contribution in [3.63, 3.8) is 0 Å². The Balaban J connectivity index is 2.01. The molecule has 2 aromatic carbocycles. The molecular formula is C18H13NO3. The van der Waals surface area contributed by atoms with E-state index >= 15 is 0 Å². The number of carbonyl (C=O) groups is 2.